The van der Waals surface area contributed by atoms with Gasteiger partial charge in [-0.1, -0.05) is 0 Å². The van der Waals surface area contributed by atoms with E-state index in [0.29, 0.717) is 13.1 Å². The van der Waals surface area contributed by atoms with Gasteiger partial charge in [0.15, 0.2) is 0 Å². The molecule has 1 aromatic heterocycles. The van der Waals surface area contributed by atoms with Crippen molar-refractivity contribution in [3.8, 4) is 6.07 Å². The zero-order chi connectivity index (χ0) is 11.8. The third-order valence-corrected chi connectivity index (χ3v) is 2.44. The maximum Gasteiger partial charge on any atom is 0.433 e. The van der Waals surface area contributed by atoms with Crippen LogP contribution in [0.25, 0.3) is 0 Å². The topological polar surface area (TPSA) is 39.9 Å². The van der Waals surface area contributed by atoms with Crippen LogP contribution in [0.2, 0.25) is 0 Å². The third-order valence-electron chi connectivity index (χ3n) is 2.44. The quantitative estimate of drug-likeness (QED) is 0.738. The lowest BCUT2D eigenvalue weighted by molar-refractivity contribution is -0.141. The number of hydrogen-bond acceptors (Lipinski definition) is 3. The summed E-state index contributed by atoms with van der Waals surface area (Å²) < 4.78 is 37.3. The average molecular weight is 227 g/mol. The second-order valence-electron chi connectivity index (χ2n) is 3.52. The number of nitriles is 1. The molecular formula is C10H8F3N3. The Balaban J connectivity index is 2.43. The average Bonchev–Trinajstić information content (AvgIpc) is 2.13. The number of anilines is 1. The fourth-order valence-electron chi connectivity index (χ4n) is 1.46. The molecule has 0 spiro atoms. The van der Waals surface area contributed by atoms with E-state index in [1.165, 1.54) is 6.07 Å². The molecule has 2 heterocycles. The van der Waals surface area contributed by atoms with Crippen LogP contribution in [0, 0.1) is 11.3 Å². The van der Waals surface area contributed by atoms with Crippen molar-refractivity contribution < 1.29 is 13.2 Å². The number of aromatic nitrogens is 1. The third kappa shape index (κ3) is 1.81. The van der Waals surface area contributed by atoms with Gasteiger partial charge < -0.3 is 4.90 Å². The van der Waals surface area contributed by atoms with E-state index in [4.69, 9.17) is 5.26 Å². The van der Waals surface area contributed by atoms with Crippen LogP contribution in [0.1, 0.15) is 17.7 Å². The highest BCUT2D eigenvalue weighted by Crippen LogP contribution is 2.31. The molecule has 1 fully saturated rings. The lowest BCUT2D eigenvalue weighted by atomic mass is 10.1. The lowest BCUT2D eigenvalue weighted by Crippen LogP contribution is -2.38. The molecule has 0 saturated carbocycles. The minimum atomic E-state index is -4.46. The summed E-state index contributed by atoms with van der Waals surface area (Å²) in [4.78, 5) is 5.19. The highest BCUT2D eigenvalue weighted by molar-refractivity contribution is 5.55. The monoisotopic (exact) mass is 227 g/mol. The molecule has 1 aromatic rings. The smallest absolute Gasteiger partial charge is 0.355 e. The van der Waals surface area contributed by atoms with Gasteiger partial charge in [-0.2, -0.15) is 18.4 Å². The molecule has 0 radical (unpaired) electrons. The van der Waals surface area contributed by atoms with Crippen molar-refractivity contribution in [2.45, 2.75) is 12.6 Å². The number of hydrogen-bond donors (Lipinski definition) is 0. The molecule has 0 N–H and O–H groups in total. The fraction of sp³-hybridized carbons (Fsp3) is 0.400. The van der Waals surface area contributed by atoms with Gasteiger partial charge in [0.1, 0.15) is 17.6 Å². The Hall–Kier alpha value is -1.77. The van der Waals surface area contributed by atoms with Crippen LogP contribution in [-0.2, 0) is 6.18 Å². The van der Waals surface area contributed by atoms with Crippen molar-refractivity contribution in [2.75, 3.05) is 18.0 Å². The molecule has 6 heteroatoms. The van der Waals surface area contributed by atoms with Crippen LogP contribution < -0.4 is 4.90 Å². The van der Waals surface area contributed by atoms with Crippen molar-refractivity contribution >= 4 is 5.82 Å². The van der Waals surface area contributed by atoms with Crippen molar-refractivity contribution in [3.05, 3.63) is 23.4 Å². The van der Waals surface area contributed by atoms with E-state index in [0.717, 1.165) is 12.5 Å². The first-order valence-electron chi connectivity index (χ1n) is 4.75. The SMILES string of the molecule is N#Cc1ccc(C(F)(F)F)nc1N1CCC1. The van der Waals surface area contributed by atoms with Gasteiger partial charge in [-0.3, -0.25) is 0 Å². The summed E-state index contributed by atoms with van der Waals surface area (Å²) in [6.07, 6.45) is -3.55. The predicted molar refractivity (Wildman–Crippen MR) is 50.8 cm³/mol. The molecule has 2 rings (SSSR count). The molecule has 0 bridgehead atoms. The summed E-state index contributed by atoms with van der Waals surface area (Å²) in [5.41, 5.74) is -0.763. The van der Waals surface area contributed by atoms with E-state index in [-0.39, 0.29) is 11.4 Å². The van der Waals surface area contributed by atoms with Gasteiger partial charge in [0.25, 0.3) is 0 Å². The summed E-state index contributed by atoms with van der Waals surface area (Å²) in [5, 5.41) is 8.78. The Morgan fingerprint density at radius 3 is 2.44 bits per heavy atom. The van der Waals surface area contributed by atoms with E-state index in [2.05, 4.69) is 4.98 Å². The van der Waals surface area contributed by atoms with Crippen LogP contribution >= 0.6 is 0 Å². The van der Waals surface area contributed by atoms with Crippen LogP contribution in [0.5, 0.6) is 0 Å². The van der Waals surface area contributed by atoms with Crippen LogP contribution in [0.15, 0.2) is 12.1 Å². The molecule has 0 aliphatic carbocycles. The largest absolute Gasteiger partial charge is 0.433 e. The maximum atomic E-state index is 12.4. The minimum Gasteiger partial charge on any atom is -0.355 e. The molecule has 16 heavy (non-hydrogen) atoms. The van der Waals surface area contributed by atoms with Gasteiger partial charge in [-0.15, -0.1) is 0 Å². The second-order valence-corrected chi connectivity index (χ2v) is 3.52. The van der Waals surface area contributed by atoms with Crippen molar-refractivity contribution in [3.63, 3.8) is 0 Å². The summed E-state index contributed by atoms with van der Waals surface area (Å²) in [5.74, 6) is 0.142. The number of halogens is 3. The molecule has 0 unspecified atom stereocenters. The highest BCUT2D eigenvalue weighted by Gasteiger charge is 2.34. The minimum absolute atomic E-state index is 0.142. The van der Waals surface area contributed by atoms with Crippen molar-refractivity contribution in [2.24, 2.45) is 0 Å². The first-order chi connectivity index (χ1) is 7.52. The van der Waals surface area contributed by atoms with Gasteiger partial charge in [0, 0.05) is 13.1 Å². The van der Waals surface area contributed by atoms with Gasteiger partial charge in [-0.25, -0.2) is 4.98 Å². The van der Waals surface area contributed by atoms with Crippen molar-refractivity contribution in [1.82, 2.24) is 4.98 Å². The Morgan fingerprint density at radius 2 is 2.00 bits per heavy atom. The zero-order valence-corrected chi connectivity index (χ0v) is 8.25. The molecule has 0 aromatic carbocycles. The van der Waals surface area contributed by atoms with Gasteiger partial charge in [-0.05, 0) is 18.6 Å². The molecule has 1 aliphatic rings. The number of pyridine rings is 1. The molecule has 0 amide bonds. The van der Waals surface area contributed by atoms with Gasteiger partial charge >= 0.3 is 6.18 Å². The second kappa shape index (κ2) is 3.67. The van der Waals surface area contributed by atoms with Crippen LogP contribution in [-0.4, -0.2) is 18.1 Å². The van der Waals surface area contributed by atoms with E-state index in [1.807, 2.05) is 6.07 Å². The van der Waals surface area contributed by atoms with E-state index in [9.17, 15) is 13.2 Å². The number of nitrogens with zero attached hydrogens (tertiary/aromatic N) is 3. The summed E-state index contributed by atoms with van der Waals surface area (Å²) in [6.45, 7) is 1.31. The van der Waals surface area contributed by atoms with Crippen LogP contribution in [0.4, 0.5) is 19.0 Å². The molecular weight excluding hydrogens is 219 g/mol. The summed E-state index contributed by atoms with van der Waals surface area (Å²) in [6, 6.07) is 3.86. The Labute approximate surface area is 90.1 Å². The molecule has 1 saturated heterocycles. The number of alkyl halides is 3. The van der Waals surface area contributed by atoms with E-state index >= 15 is 0 Å². The lowest BCUT2D eigenvalue weighted by Gasteiger charge is -2.32. The molecule has 1 aliphatic heterocycles. The predicted octanol–water partition coefficient (Wildman–Crippen LogP) is 2.18. The van der Waals surface area contributed by atoms with Crippen LogP contribution in [0.3, 0.4) is 0 Å². The summed E-state index contributed by atoms with van der Waals surface area (Å²) in [7, 11) is 0. The molecule has 0 atom stereocenters. The Kier molecular flexibility index (Phi) is 2.46. The van der Waals surface area contributed by atoms with Crippen molar-refractivity contribution in [1.29, 1.82) is 5.26 Å². The summed E-state index contributed by atoms with van der Waals surface area (Å²) >= 11 is 0. The highest BCUT2D eigenvalue weighted by atomic mass is 19.4. The standard InChI is InChI=1S/C10H8F3N3/c11-10(12,13)8-3-2-7(6-14)9(15-8)16-4-1-5-16/h2-3H,1,4-5H2. The number of rotatable bonds is 1. The van der Waals surface area contributed by atoms with E-state index in [1.54, 1.807) is 4.90 Å². The molecule has 84 valence electrons. The van der Waals surface area contributed by atoms with Gasteiger partial charge in [0.05, 0.1) is 5.56 Å². The van der Waals surface area contributed by atoms with E-state index < -0.39 is 11.9 Å². The first kappa shape index (κ1) is 10.7. The zero-order valence-electron chi connectivity index (χ0n) is 8.25. The van der Waals surface area contributed by atoms with Gasteiger partial charge in [0.2, 0.25) is 0 Å². The Bertz CT molecular complexity index is 444. The molecule has 3 nitrogen and oxygen atoms in total. The Morgan fingerprint density at radius 1 is 1.31 bits per heavy atom. The fourth-order valence-corrected chi connectivity index (χ4v) is 1.46. The normalized spacial score (nSPS) is 15.5. The first-order valence-corrected chi connectivity index (χ1v) is 4.75. The maximum absolute atomic E-state index is 12.4.